The molecule has 18 heavy (non-hydrogen) atoms. The summed E-state index contributed by atoms with van der Waals surface area (Å²) in [5.41, 5.74) is 7.31. The lowest BCUT2D eigenvalue weighted by Gasteiger charge is -2.31. The van der Waals surface area contributed by atoms with Crippen molar-refractivity contribution < 1.29 is 4.92 Å². The normalized spacial score (nSPS) is 18.2. The number of nitrogens with one attached hydrogen (secondary N) is 1. The van der Waals surface area contributed by atoms with E-state index in [4.69, 9.17) is 5.73 Å². The lowest BCUT2D eigenvalue weighted by Crippen LogP contribution is -2.44. The van der Waals surface area contributed by atoms with Crippen LogP contribution in [0, 0.1) is 23.0 Å². The third kappa shape index (κ3) is 2.31. The van der Waals surface area contributed by atoms with Crippen molar-refractivity contribution in [2.24, 2.45) is 11.7 Å². The van der Waals surface area contributed by atoms with Crippen molar-refractivity contribution in [3.8, 4) is 0 Å². The lowest BCUT2D eigenvalue weighted by molar-refractivity contribution is -0.385. The quantitative estimate of drug-likeness (QED) is 0.620. The molecule has 3 N–H and O–H groups in total. The molecule has 1 aliphatic carbocycles. The topological polar surface area (TPSA) is 81.2 Å². The van der Waals surface area contributed by atoms with Gasteiger partial charge in [-0.1, -0.05) is 6.07 Å². The minimum Gasteiger partial charge on any atom is -0.378 e. The maximum atomic E-state index is 10.9. The van der Waals surface area contributed by atoms with Crippen LogP contribution in [0.3, 0.4) is 0 Å². The predicted octanol–water partition coefficient (Wildman–Crippen LogP) is 2.44. The molecule has 1 fully saturated rings. The largest absolute Gasteiger partial charge is 0.378 e. The molecule has 5 heteroatoms. The number of hydrogen-bond acceptors (Lipinski definition) is 4. The Kier molecular flexibility index (Phi) is 3.26. The van der Waals surface area contributed by atoms with Gasteiger partial charge in [-0.3, -0.25) is 10.1 Å². The maximum absolute atomic E-state index is 10.9. The van der Waals surface area contributed by atoms with Crippen molar-refractivity contribution in [2.45, 2.75) is 32.2 Å². The Morgan fingerprint density at radius 1 is 1.56 bits per heavy atom. The summed E-state index contributed by atoms with van der Waals surface area (Å²) in [7, 11) is 0. The fraction of sp³-hybridized carbons (Fsp3) is 0.538. The summed E-state index contributed by atoms with van der Waals surface area (Å²) in [4.78, 5) is 10.6. The first-order valence-corrected chi connectivity index (χ1v) is 6.20. The molecule has 1 aromatic rings. The number of anilines is 1. The molecule has 98 valence electrons. The number of hydrogen-bond donors (Lipinski definition) is 2. The summed E-state index contributed by atoms with van der Waals surface area (Å²) in [6, 6.07) is 5.10. The SMILES string of the molecule is Cc1c(NC(C)(CN)C2CC2)cccc1[N+](=O)[O-]. The molecule has 1 atom stereocenters. The molecule has 0 amide bonds. The summed E-state index contributed by atoms with van der Waals surface area (Å²) in [6.07, 6.45) is 2.35. The van der Waals surface area contributed by atoms with Crippen LogP contribution in [0.5, 0.6) is 0 Å². The number of benzene rings is 1. The van der Waals surface area contributed by atoms with E-state index in [9.17, 15) is 10.1 Å². The van der Waals surface area contributed by atoms with E-state index >= 15 is 0 Å². The van der Waals surface area contributed by atoms with Crippen LogP contribution in [-0.4, -0.2) is 17.0 Å². The van der Waals surface area contributed by atoms with E-state index in [1.165, 1.54) is 18.9 Å². The van der Waals surface area contributed by atoms with Gasteiger partial charge in [0.25, 0.3) is 5.69 Å². The zero-order chi connectivity index (χ0) is 13.3. The highest BCUT2D eigenvalue weighted by atomic mass is 16.6. The van der Waals surface area contributed by atoms with Gasteiger partial charge >= 0.3 is 0 Å². The van der Waals surface area contributed by atoms with E-state index < -0.39 is 0 Å². The van der Waals surface area contributed by atoms with Crippen molar-refractivity contribution >= 4 is 11.4 Å². The number of nitro groups is 1. The van der Waals surface area contributed by atoms with Crippen LogP contribution in [0.25, 0.3) is 0 Å². The van der Waals surface area contributed by atoms with Crippen LogP contribution in [0.15, 0.2) is 18.2 Å². The van der Waals surface area contributed by atoms with Crippen molar-refractivity contribution in [1.29, 1.82) is 0 Å². The van der Waals surface area contributed by atoms with Crippen LogP contribution < -0.4 is 11.1 Å². The molecule has 1 unspecified atom stereocenters. The summed E-state index contributed by atoms with van der Waals surface area (Å²) in [6.45, 7) is 4.38. The molecule has 0 aliphatic heterocycles. The fourth-order valence-corrected chi connectivity index (χ4v) is 2.30. The number of rotatable bonds is 5. The third-order valence-corrected chi connectivity index (χ3v) is 3.82. The van der Waals surface area contributed by atoms with Gasteiger partial charge in [0.2, 0.25) is 0 Å². The van der Waals surface area contributed by atoms with Crippen LogP contribution in [-0.2, 0) is 0 Å². The minimum atomic E-state index is -0.350. The average molecular weight is 249 g/mol. The molecule has 0 bridgehead atoms. The minimum absolute atomic E-state index is 0.148. The van der Waals surface area contributed by atoms with E-state index in [-0.39, 0.29) is 16.1 Å². The molecule has 1 aliphatic rings. The molecule has 1 saturated carbocycles. The molecule has 0 aromatic heterocycles. The van der Waals surface area contributed by atoms with Crippen LogP contribution >= 0.6 is 0 Å². The molecule has 0 spiro atoms. The number of nitrogens with two attached hydrogens (primary N) is 1. The summed E-state index contributed by atoms with van der Waals surface area (Å²) < 4.78 is 0. The molecular weight excluding hydrogens is 230 g/mol. The lowest BCUT2D eigenvalue weighted by atomic mass is 9.95. The van der Waals surface area contributed by atoms with Crippen molar-refractivity contribution in [1.82, 2.24) is 0 Å². The molecule has 0 heterocycles. The van der Waals surface area contributed by atoms with Crippen LogP contribution in [0.1, 0.15) is 25.3 Å². The monoisotopic (exact) mass is 249 g/mol. The maximum Gasteiger partial charge on any atom is 0.274 e. The van der Waals surface area contributed by atoms with Crippen LogP contribution in [0.2, 0.25) is 0 Å². The first-order chi connectivity index (χ1) is 8.48. The summed E-state index contributed by atoms with van der Waals surface area (Å²) in [5.74, 6) is 0.571. The predicted molar refractivity (Wildman–Crippen MR) is 71.6 cm³/mol. The molecule has 0 saturated heterocycles. The second-order valence-electron chi connectivity index (χ2n) is 5.23. The summed E-state index contributed by atoms with van der Waals surface area (Å²) >= 11 is 0. The molecular formula is C13H19N3O2. The van der Waals surface area contributed by atoms with Crippen molar-refractivity contribution in [2.75, 3.05) is 11.9 Å². The average Bonchev–Trinajstić information content (AvgIpc) is 3.15. The second-order valence-corrected chi connectivity index (χ2v) is 5.23. The Hall–Kier alpha value is -1.62. The molecule has 5 nitrogen and oxygen atoms in total. The Morgan fingerprint density at radius 2 is 2.22 bits per heavy atom. The van der Waals surface area contributed by atoms with Crippen molar-refractivity contribution in [3.05, 3.63) is 33.9 Å². The van der Waals surface area contributed by atoms with Gasteiger partial charge in [-0.15, -0.1) is 0 Å². The second kappa shape index (κ2) is 4.57. The Bertz CT molecular complexity index is 471. The van der Waals surface area contributed by atoms with E-state index in [2.05, 4.69) is 12.2 Å². The van der Waals surface area contributed by atoms with Crippen molar-refractivity contribution in [3.63, 3.8) is 0 Å². The van der Waals surface area contributed by atoms with Gasteiger partial charge in [0.05, 0.1) is 4.92 Å². The van der Waals surface area contributed by atoms with E-state index in [0.29, 0.717) is 18.0 Å². The van der Waals surface area contributed by atoms with Gasteiger partial charge in [-0.25, -0.2) is 0 Å². The number of nitrogens with zero attached hydrogens (tertiary/aromatic N) is 1. The Balaban J connectivity index is 2.28. The molecule has 1 aromatic carbocycles. The summed E-state index contributed by atoms with van der Waals surface area (Å²) in [5, 5.41) is 14.3. The van der Waals surface area contributed by atoms with Gasteiger partial charge in [-0.2, -0.15) is 0 Å². The highest BCUT2D eigenvalue weighted by molar-refractivity contribution is 5.61. The fourth-order valence-electron chi connectivity index (χ4n) is 2.30. The first kappa shape index (κ1) is 12.8. The zero-order valence-electron chi connectivity index (χ0n) is 10.8. The highest BCUT2D eigenvalue weighted by Gasteiger charge is 2.40. The first-order valence-electron chi connectivity index (χ1n) is 6.20. The zero-order valence-corrected chi connectivity index (χ0v) is 10.8. The molecule has 0 radical (unpaired) electrons. The van der Waals surface area contributed by atoms with Gasteiger partial charge in [0, 0.05) is 29.4 Å². The third-order valence-electron chi connectivity index (χ3n) is 3.82. The van der Waals surface area contributed by atoms with Gasteiger partial charge in [-0.05, 0) is 38.7 Å². The van der Waals surface area contributed by atoms with Crippen LogP contribution in [0.4, 0.5) is 11.4 Å². The highest BCUT2D eigenvalue weighted by Crippen LogP contribution is 2.41. The van der Waals surface area contributed by atoms with E-state index in [1.807, 2.05) is 6.07 Å². The van der Waals surface area contributed by atoms with E-state index in [1.54, 1.807) is 13.0 Å². The van der Waals surface area contributed by atoms with Gasteiger partial charge in [0.1, 0.15) is 0 Å². The standard InChI is InChI=1S/C13H19N3O2/c1-9-11(4-3-5-12(9)16(17)18)15-13(2,8-14)10-6-7-10/h3-5,10,15H,6-8,14H2,1-2H3. The Labute approximate surface area is 107 Å². The molecule has 2 rings (SSSR count). The number of nitro benzene ring substituents is 1. The Morgan fingerprint density at radius 3 is 2.72 bits per heavy atom. The van der Waals surface area contributed by atoms with Gasteiger partial charge < -0.3 is 11.1 Å². The van der Waals surface area contributed by atoms with Gasteiger partial charge in [0.15, 0.2) is 0 Å². The van der Waals surface area contributed by atoms with E-state index in [0.717, 1.165) is 5.69 Å². The smallest absolute Gasteiger partial charge is 0.274 e.